The summed E-state index contributed by atoms with van der Waals surface area (Å²) < 4.78 is 8.50. The minimum Gasteiger partial charge on any atom is -0.488 e. The molecule has 0 N–H and O–H groups in total. The van der Waals surface area contributed by atoms with Crippen molar-refractivity contribution in [3.8, 4) is 5.75 Å². The van der Waals surface area contributed by atoms with Crippen LogP contribution < -0.4 is 4.74 Å². The molecule has 0 amide bonds. The second-order valence-electron chi connectivity index (χ2n) is 7.17. The molecule has 0 radical (unpaired) electrons. The molecule has 0 bridgehead atoms. The third-order valence-electron chi connectivity index (χ3n) is 5.25. The highest BCUT2D eigenvalue weighted by Gasteiger charge is 2.27. The van der Waals surface area contributed by atoms with Crippen molar-refractivity contribution in [1.29, 1.82) is 0 Å². The molecule has 2 aromatic rings. The highest BCUT2D eigenvalue weighted by Crippen LogP contribution is 2.43. The molecule has 1 fully saturated rings. The van der Waals surface area contributed by atoms with E-state index in [4.69, 9.17) is 4.74 Å². The topological polar surface area (TPSA) is 26.3 Å². The first-order valence-electron chi connectivity index (χ1n) is 9.76. The molecule has 0 saturated heterocycles. The normalized spacial score (nSPS) is 13.6. The molecule has 3 rings (SSSR count). The molecule has 2 aromatic carbocycles. The van der Waals surface area contributed by atoms with Crippen molar-refractivity contribution in [2.24, 2.45) is 0 Å². The third kappa shape index (κ3) is 5.35. The molecule has 1 aliphatic carbocycles. The number of rotatable bonds is 9. The van der Waals surface area contributed by atoms with Gasteiger partial charge in [0.05, 0.1) is 4.47 Å². The Hall–Kier alpha value is -0.880. The summed E-state index contributed by atoms with van der Waals surface area (Å²) >= 11 is 6.04. The lowest BCUT2D eigenvalue weighted by Crippen LogP contribution is -2.07. The van der Waals surface area contributed by atoms with Crippen LogP contribution in [0.1, 0.15) is 67.7 Å². The fourth-order valence-electron chi connectivity index (χ4n) is 3.39. The van der Waals surface area contributed by atoms with E-state index in [1.165, 1.54) is 38.7 Å². The lowest BCUT2D eigenvalue weighted by molar-refractivity contribution is -0.118. The number of hydrogen-bond acceptors (Lipinski definition) is 2. The van der Waals surface area contributed by atoms with Crippen LogP contribution in [-0.2, 0) is 24.2 Å². The molecule has 0 atom stereocenters. The van der Waals surface area contributed by atoms with Crippen molar-refractivity contribution >= 4 is 44.3 Å². The highest BCUT2D eigenvalue weighted by molar-refractivity contribution is 14.1. The monoisotopic (exact) mass is 540 g/mol. The van der Waals surface area contributed by atoms with Gasteiger partial charge in [-0.05, 0) is 105 Å². The maximum absolute atomic E-state index is 11.8. The summed E-state index contributed by atoms with van der Waals surface area (Å²) in [6, 6.07) is 10.8. The van der Waals surface area contributed by atoms with Gasteiger partial charge in [0.1, 0.15) is 18.1 Å². The van der Waals surface area contributed by atoms with Crippen LogP contribution in [0, 0.1) is 3.57 Å². The smallest absolute Gasteiger partial charge is 0.135 e. The zero-order chi connectivity index (χ0) is 19.4. The first-order valence-corrected chi connectivity index (χ1v) is 11.6. The predicted octanol–water partition coefficient (Wildman–Crippen LogP) is 6.98. The zero-order valence-corrected chi connectivity index (χ0v) is 19.7. The second-order valence-corrected chi connectivity index (χ2v) is 9.18. The zero-order valence-electron chi connectivity index (χ0n) is 16.0. The van der Waals surface area contributed by atoms with Gasteiger partial charge in [0.2, 0.25) is 0 Å². The number of ether oxygens (including phenoxy) is 1. The van der Waals surface area contributed by atoms with Crippen LogP contribution in [0.25, 0.3) is 0 Å². The van der Waals surface area contributed by atoms with Gasteiger partial charge in [0, 0.05) is 16.4 Å². The Balaban J connectivity index is 1.82. The molecule has 2 nitrogen and oxygen atoms in total. The van der Waals surface area contributed by atoms with E-state index in [-0.39, 0.29) is 0 Å². The first-order chi connectivity index (χ1) is 13.0. The number of Topliss-reactive ketones (excluding diaryl/α,β-unsaturated/α-hetero) is 1. The standard InChI is InChI=1S/C23H26BrIO2/c1-3-15-12-21(24)23(13-22(15)25)27-14-20-16(10-11-18(26)4-2)6-5-7-19(20)17-8-9-17/h5-7,12-13,17H,3-4,8-11,14H2,1-2H3. The lowest BCUT2D eigenvalue weighted by atomic mass is 9.94. The van der Waals surface area contributed by atoms with Gasteiger partial charge in [0.25, 0.3) is 0 Å². The van der Waals surface area contributed by atoms with Gasteiger partial charge in [-0.3, -0.25) is 4.79 Å². The van der Waals surface area contributed by atoms with Gasteiger partial charge in [-0.2, -0.15) is 0 Å². The average molecular weight is 541 g/mol. The Kier molecular flexibility index (Phi) is 7.37. The lowest BCUT2D eigenvalue weighted by Gasteiger charge is -2.17. The highest BCUT2D eigenvalue weighted by atomic mass is 127. The molecule has 0 spiro atoms. The molecule has 0 heterocycles. The summed E-state index contributed by atoms with van der Waals surface area (Å²) in [7, 11) is 0. The van der Waals surface area contributed by atoms with Crippen molar-refractivity contribution in [2.45, 2.75) is 64.9 Å². The van der Waals surface area contributed by atoms with E-state index in [0.717, 1.165) is 23.1 Å². The largest absolute Gasteiger partial charge is 0.488 e. The van der Waals surface area contributed by atoms with Crippen LogP contribution >= 0.6 is 38.5 Å². The summed E-state index contributed by atoms with van der Waals surface area (Å²) in [5, 5.41) is 0. The van der Waals surface area contributed by atoms with Crippen LogP contribution in [0.5, 0.6) is 5.75 Å². The van der Waals surface area contributed by atoms with Gasteiger partial charge < -0.3 is 4.74 Å². The summed E-state index contributed by atoms with van der Waals surface area (Å²) in [5.74, 6) is 1.88. The number of carbonyl (C=O) groups is 1. The number of benzene rings is 2. The van der Waals surface area contributed by atoms with Crippen LogP contribution in [0.4, 0.5) is 0 Å². The van der Waals surface area contributed by atoms with E-state index in [1.54, 1.807) is 0 Å². The maximum atomic E-state index is 11.8. The van der Waals surface area contributed by atoms with Crippen LogP contribution in [0.15, 0.2) is 34.8 Å². The summed E-state index contributed by atoms with van der Waals surface area (Å²) in [6.07, 6.45) is 5.57. The molecular weight excluding hydrogens is 515 g/mol. The van der Waals surface area contributed by atoms with E-state index >= 15 is 0 Å². The minimum atomic E-state index is 0.325. The molecule has 27 heavy (non-hydrogen) atoms. The van der Waals surface area contributed by atoms with Crippen molar-refractivity contribution in [3.05, 3.63) is 60.6 Å². The molecule has 0 aromatic heterocycles. The average Bonchev–Trinajstić information content (AvgIpc) is 3.51. The fraction of sp³-hybridized carbons (Fsp3) is 0.435. The number of aryl methyl sites for hydroxylation is 2. The maximum Gasteiger partial charge on any atom is 0.135 e. The Labute approximate surface area is 184 Å². The van der Waals surface area contributed by atoms with E-state index in [0.29, 0.717) is 31.1 Å². The first kappa shape index (κ1) is 20.8. The molecular formula is C23H26BrIO2. The van der Waals surface area contributed by atoms with Gasteiger partial charge in [0.15, 0.2) is 0 Å². The van der Waals surface area contributed by atoms with Crippen LogP contribution in [0.2, 0.25) is 0 Å². The van der Waals surface area contributed by atoms with E-state index < -0.39 is 0 Å². The number of halogens is 2. The Morgan fingerprint density at radius 3 is 2.67 bits per heavy atom. The quantitative estimate of drug-likeness (QED) is 0.320. The Bertz CT molecular complexity index is 827. The molecule has 4 heteroatoms. The van der Waals surface area contributed by atoms with Crippen molar-refractivity contribution in [3.63, 3.8) is 0 Å². The molecule has 144 valence electrons. The third-order valence-corrected chi connectivity index (χ3v) is 6.87. The van der Waals surface area contributed by atoms with Gasteiger partial charge in [-0.25, -0.2) is 0 Å². The number of hydrogen-bond donors (Lipinski definition) is 0. The fourth-order valence-corrected chi connectivity index (χ4v) is 4.72. The Morgan fingerprint density at radius 2 is 2.00 bits per heavy atom. The summed E-state index contributed by atoms with van der Waals surface area (Å²) in [4.78, 5) is 11.8. The van der Waals surface area contributed by atoms with E-state index in [2.05, 4.69) is 75.8 Å². The number of ketones is 1. The molecule has 0 unspecified atom stereocenters. The second kappa shape index (κ2) is 9.55. The molecule has 1 saturated carbocycles. The van der Waals surface area contributed by atoms with Crippen molar-refractivity contribution < 1.29 is 9.53 Å². The SMILES string of the molecule is CCC(=O)CCc1cccc(C2CC2)c1COc1cc(I)c(CC)cc1Br. The van der Waals surface area contributed by atoms with Crippen LogP contribution in [-0.4, -0.2) is 5.78 Å². The van der Waals surface area contributed by atoms with Crippen molar-refractivity contribution in [2.75, 3.05) is 0 Å². The summed E-state index contributed by atoms with van der Waals surface area (Å²) in [5.41, 5.74) is 5.28. The van der Waals surface area contributed by atoms with Gasteiger partial charge in [-0.1, -0.05) is 32.0 Å². The molecule has 0 aliphatic heterocycles. The number of carbonyl (C=O) groups excluding carboxylic acids is 1. The molecule has 1 aliphatic rings. The van der Waals surface area contributed by atoms with Crippen LogP contribution in [0.3, 0.4) is 0 Å². The van der Waals surface area contributed by atoms with Gasteiger partial charge >= 0.3 is 0 Å². The summed E-state index contributed by atoms with van der Waals surface area (Å²) in [6.45, 7) is 4.66. The van der Waals surface area contributed by atoms with E-state index in [1.807, 2.05) is 6.92 Å². The minimum absolute atomic E-state index is 0.325. The Morgan fingerprint density at radius 1 is 1.22 bits per heavy atom. The predicted molar refractivity (Wildman–Crippen MR) is 123 cm³/mol. The van der Waals surface area contributed by atoms with Gasteiger partial charge in [-0.15, -0.1) is 0 Å². The van der Waals surface area contributed by atoms with E-state index in [9.17, 15) is 4.79 Å². The van der Waals surface area contributed by atoms with Crippen molar-refractivity contribution in [1.82, 2.24) is 0 Å².